The van der Waals surface area contributed by atoms with Gasteiger partial charge in [0.05, 0.1) is 0 Å². The van der Waals surface area contributed by atoms with Gasteiger partial charge < -0.3 is 19.8 Å². The SMILES string of the molecule is CN1CCN(C(=O)N2CC[C@@]3(C)c4cccc(O)c4CC2C3(C)C)CC1. The van der Waals surface area contributed by atoms with Crippen LogP contribution in [0.1, 0.15) is 38.3 Å². The number of likely N-dealkylation sites (tertiary alicyclic amines) is 1. The molecule has 0 radical (unpaired) electrons. The number of nitrogens with zero attached hydrogens (tertiary/aromatic N) is 3. The molecule has 4 rings (SSSR count). The van der Waals surface area contributed by atoms with Crippen molar-refractivity contribution in [3.63, 3.8) is 0 Å². The minimum atomic E-state index is -0.0335. The van der Waals surface area contributed by atoms with Crippen LogP contribution in [0.5, 0.6) is 5.75 Å². The van der Waals surface area contributed by atoms with Crippen molar-refractivity contribution in [2.75, 3.05) is 39.8 Å². The van der Waals surface area contributed by atoms with E-state index < -0.39 is 0 Å². The van der Waals surface area contributed by atoms with E-state index in [1.54, 1.807) is 6.07 Å². The summed E-state index contributed by atoms with van der Waals surface area (Å²) in [7, 11) is 2.11. The summed E-state index contributed by atoms with van der Waals surface area (Å²) in [6.45, 7) is 11.2. The van der Waals surface area contributed by atoms with Gasteiger partial charge in [0, 0.05) is 44.2 Å². The highest BCUT2D eigenvalue weighted by molar-refractivity contribution is 5.76. The van der Waals surface area contributed by atoms with Crippen molar-refractivity contribution < 1.29 is 9.90 Å². The third-order valence-corrected chi connectivity index (χ3v) is 7.65. The molecule has 2 fully saturated rings. The van der Waals surface area contributed by atoms with Crippen molar-refractivity contribution in [1.82, 2.24) is 14.7 Å². The Morgan fingerprint density at radius 3 is 2.50 bits per heavy atom. The van der Waals surface area contributed by atoms with Gasteiger partial charge in [0.15, 0.2) is 0 Å². The number of hydrogen-bond donors (Lipinski definition) is 1. The lowest BCUT2D eigenvalue weighted by molar-refractivity contribution is -0.0258. The fourth-order valence-corrected chi connectivity index (χ4v) is 5.33. The van der Waals surface area contributed by atoms with E-state index in [0.717, 1.165) is 51.1 Å². The number of likely N-dealkylation sites (N-methyl/N-ethyl adjacent to an activating group) is 1. The number of urea groups is 1. The number of rotatable bonds is 0. The van der Waals surface area contributed by atoms with Crippen LogP contribution in [0.25, 0.3) is 0 Å². The number of benzene rings is 1. The Kier molecular flexibility index (Phi) is 3.99. The monoisotopic (exact) mass is 357 g/mol. The van der Waals surface area contributed by atoms with Crippen LogP contribution in [0.3, 0.4) is 0 Å². The van der Waals surface area contributed by atoms with Crippen LogP contribution < -0.4 is 0 Å². The van der Waals surface area contributed by atoms with Gasteiger partial charge in [-0.25, -0.2) is 4.79 Å². The van der Waals surface area contributed by atoms with Gasteiger partial charge in [0.1, 0.15) is 5.75 Å². The van der Waals surface area contributed by atoms with E-state index >= 15 is 0 Å². The minimum Gasteiger partial charge on any atom is -0.508 e. The van der Waals surface area contributed by atoms with E-state index in [1.165, 1.54) is 5.56 Å². The maximum atomic E-state index is 13.3. The third kappa shape index (κ3) is 2.36. The predicted molar refractivity (Wildman–Crippen MR) is 103 cm³/mol. The van der Waals surface area contributed by atoms with Gasteiger partial charge in [-0.15, -0.1) is 0 Å². The van der Waals surface area contributed by atoms with E-state index in [1.807, 2.05) is 11.0 Å². The van der Waals surface area contributed by atoms with Crippen molar-refractivity contribution in [2.45, 2.75) is 45.1 Å². The molecule has 1 aromatic carbocycles. The Labute approximate surface area is 156 Å². The third-order valence-electron chi connectivity index (χ3n) is 7.65. The average Bonchev–Trinajstić information content (AvgIpc) is 2.59. The maximum absolute atomic E-state index is 13.3. The first-order chi connectivity index (χ1) is 12.3. The van der Waals surface area contributed by atoms with E-state index in [2.05, 4.69) is 43.7 Å². The smallest absolute Gasteiger partial charge is 0.320 e. The summed E-state index contributed by atoms with van der Waals surface area (Å²) in [5.74, 6) is 0.378. The van der Waals surface area contributed by atoms with Crippen LogP contribution >= 0.6 is 0 Å². The summed E-state index contributed by atoms with van der Waals surface area (Å²) < 4.78 is 0. The number of carbonyl (C=O) groups excluding carboxylic acids is 1. The first-order valence-electron chi connectivity index (χ1n) is 9.81. The molecular formula is C21H31N3O2. The van der Waals surface area contributed by atoms with Crippen molar-refractivity contribution in [3.05, 3.63) is 29.3 Å². The van der Waals surface area contributed by atoms with Gasteiger partial charge in [-0.1, -0.05) is 32.9 Å². The molecule has 1 aromatic rings. The fraction of sp³-hybridized carbons (Fsp3) is 0.667. The van der Waals surface area contributed by atoms with Crippen molar-refractivity contribution in [2.24, 2.45) is 5.41 Å². The van der Waals surface area contributed by atoms with Crippen LogP contribution in [-0.2, 0) is 11.8 Å². The van der Waals surface area contributed by atoms with Gasteiger partial charge in [-0.2, -0.15) is 0 Å². The second kappa shape index (κ2) is 5.88. The number of phenols is 1. The summed E-state index contributed by atoms with van der Waals surface area (Å²) in [5.41, 5.74) is 2.25. The van der Waals surface area contributed by atoms with Crippen LogP contribution in [0.15, 0.2) is 18.2 Å². The number of amides is 2. The van der Waals surface area contributed by atoms with Gasteiger partial charge >= 0.3 is 6.03 Å². The van der Waals surface area contributed by atoms with E-state index in [9.17, 15) is 9.90 Å². The Morgan fingerprint density at radius 1 is 1.12 bits per heavy atom. The number of piperidine rings is 1. The van der Waals surface area contributed by atoms with Gasteiger partial charge in [-0.3, -0.25) is 0 Å². The maximum Gasteiger partial charge on any atom is 0.320 e. The number of piperazine rings is 1. The first-order valence-corrected chi connectivity index (χ1v) is 9.81. The van der Waals surface area contributed by atoms with Crippen molar-refractivity contribution in [1.29, 1.82) is 0 Å². The normalized spacial score (nSPS) is 30.8. The topological polar surface area (TPSA) is 47.0 Å². The Hall–Kier alpha value is -1.75. The molecule has 2 amide bonds. The summed E-state index contributed by atoms with van der Waals surface area (Å²) in [4.78, 5) is 19.7. The van der Waals surface area contributed by atoms with Crippen molar-refractivity contribution >= 4 is 6.03 Å². The van der Waals surface area contributed by atoms with Crippen molar-refractivity contribution in [3.8, 4) is 5.75 Å². The quantitative estimate of drug-likeness (QED) is 0.777. The second-order valence-corrected chi connectivity index (χ2v) is 9.09. The lowest BCUT2D eigenvalue weighted by atomic mass is 9.51. The number of fused-ring (bicyclic) bond motifs is 4. The molecule has 0 aromatic heterocycles. The lowest BCUT2D eigenvalue weighted by Crippen LogP contribution is -2.67. The molecule has 1 N–H and O–H groups in total. The number of carbonyl (C=O) groups is 1. The van der Waals surface area contributed by atoms with E-state index in [-0.39, 0.29) is 22.9 Å². The zero-order chi connectivity index (χ0) is 18.7. The molecule has 1 aliphatic carbocycles. The molecule has 2 aliphatic heterocycles. The molecule has 2 atom stereocenters. The number of aromatic hydroxyl groups is 1. The molecule has 2 bridgehead atoms. The standard InChI is InChI=1S/C21H31N3O2/c1-20(2)18-14-15-16(6-5-7-17(15)25)21(20,3)8-9-24(18)19(26)23-12-10-22(4)11-13-23/h5-7,18,25H,8-14H2,1-4H3/t18?,21-/m0/s1. The minimum absolute atomic E-state index is 0.0249. The molecule has 142 valence electrons. The molecule has 3 aliphatic rings. The highest BCUT2D eigenvalue weighted by atomic mass is 16.3. The Morgan fingerprint density at radius 2 is 1.81 bits per heavy atom. The molecule has 0 saturated carbocycles. The molecule has 2 saturated heterocycles. The lowest BCUT2D eigenvalue weighted by Gasteiger charge is -2.61. The van der Waals surface area contributed by atoms with Gasteiger partial charge in [0.25, 0.3) is 0 Å². The average molecular weight is 357 g/mol. The van der Waals surface area contributed by atoms with Gasteiger partial charge in [-0.05, 0) is 42.5 Å². The highest BCUT2D eigenvalue weighted by Gasteiger charge is 2.57. The molecule has 26 heavy (non-hydrogen) atoms. The zero-order valence-electron chi connectivity index (χ0n) is 16.5. The summed E-state index contributed by atoms with van der Waals surface area (Å²) in [6, 6.07) is 6.21. The largest absolute Gasteiger partial charge is 0.508 e. The highest BCUT2D eigenvalue weighted by Crippen LogP contribution is 2.57. The second-order valence-electron chi connectivity index (χ2n) is 9.09. The molecule has 1 unspecified atom stereocenters. The zero-order valence-corrected chi connectivity index (χ0v) is 16.5. The van der Waals surface area contributed by atoms with Crippen LogP contribution in [0.4, 0.5) is 4.79 Å². The first kappa shape index (κ1) is 17.7. The summed E-state index contributed by atoms with van der Waals surface area (Å²) in [6.07, 6.45) is 1.68. The molecule has 5 nitrogen and oxygen atoms in total. The molecular weight excluding hydrogens is 326 g/mol. The van der Waals surface area contributed by atoms with E-state index in [4.69, 9.17) is 0 Å². The Bertz CT molecular complexity index is 724. The number of hydrogen-bond acceptors (Lipinski definition) is 3. The summed E-state index contributed by atoms with van der Waals surface area (Å²) >= 11 is 0. The molecule has 5 heteroatoms. The van der Waals surface area contributed by atoms with Crippen LogP contribution in [0.2, 0.25) is 0 Å². The Balaban J connectivity index is 1.68. The fourth-order valence-electron chi connectivity index (χ4n) is 5.33. The molecule has 2 heterocycles. The predicted octanol–water partition coefficient (Wildman–Crippen LogP) is 2.67. The number of phenolic OH excluding ortho intramolecular Hbond substituents is 1. The molecule has 0 spiro atoms. The van der Waals surface area contributed by atoms with E-state index in [0.29, 0.717) is 5.75 Å². The summed E-state index contributed by atoms with van der Waals surface area (Å²) in [5, 5.41) is 10.5. The van der Waals surface area contributed by atoms with Crippen LogP contribution in [0, 0.1) is 5.41 Å². The van der Waals surface area contributed by atoms with Crippen LogP contribution in [-0.4, -0.2) is 71.7 Å². The van der Waals surface area contributed by atoms with Gasteiger partial charge in [0.2, 0.25) is 0 Å².